The molecule has 3 atom stereocenters. The molecule has 11 nitrogen and oxygen atoms in total. The van der Waals surface area contributed by atoms with Crippen LogP contribution in [0.5, 0.6) is 11.6 Å². The molecule has 0 bridgehead atoms. The molecule has 5 rings (SSSR count). The number of nitrogens with one attached hydrogen (secondary N) is 1. The van der Waals surface area contributed by atoms with Crippen molar-refractivity contribution in [2.75, 3.05) is 11.9 Å². The minimum absolute atomic E-state index is 0.0124. The first-order valence-electron chi connectivity index (χ1n) is 13.3. The van der Waals surface area contributed by atoms with E-state index in [0.29, 0.717) is 44.4 Å². The van der Waals surface area contributed by atoms with Gasteiger partial charge in [0.25, 0.3) is 0 Å². The van der Waals surface area contributed by atoms with Gasteiger partial charge in [0.2, 0.25) is 5.88 Å². The maximum atomic E-state index is 15.1. The van der Waals surface area contributed by atoms with E-state index in [-0.39, 0.29) is 11.6 Å². The summed E-state index contributed by atoms with van der Waals surface area (Å²) < 4.78 is 32.5. The maximum absolute atomic E-state index is 15.1. The lowest BCUT2D eigenvalue weighted by molar-refractivity contribution is 0.0402. The van der Waals surface area contributed by atoms with E-state index in [1.807, 2.05) is 26.0 Å². The molecule has 0 aliphatic rings. The predicted octanol–water partition coefficient (Wildman–Crippen LogP) is 6.00. The van der Waals surface area contributed by atoms with Crippen LogP contribution in [0.1, 0.15) is 45.2 Å². The number of amides is 1. The first-order chi connectivity index (χ1) is 20.1. The number of ether oxygens (including phenoxy) is 3. The van der Waals surface area contributed by atoms with Gasteiger partial charge in [-0.2, -0.15) is 0 Å². The van der Waals surface area contributed by atoms with Gasteiger partial charge in [0.05, 0.1) is 52.1 Å². The number of hydrogen-bond acceptors (Lipinski definition) is 11. The summed E-state index contributed by atoms with van der Waals surface area (Å²) in [5.41, 5.74) is 3.89. The van der Waals surface area contributed by atoms with Crippen molar-refractivity contribution in [3.63, 3.8) is 0 Å². The van der Waals surface area contributed by atoms with Crippen LogP contribution in [0.2, 0.25) is 0 Å². The predicted molar refractivity (Wildman–Crippen MR) is 156 cm³/mol. The van der Waals surface area contributed by atoms with Gasteiger partial charge >= 0.3 is 6.09 Å². The lowest BCUT2D eigenvalue weighted by Crippen LogP contribution is -2.32. The Morgan fingerprint density at radius 1 is 1.02 bits per heavy atom. The minimum atomic E-state index is -0.827. The summed E-state index contributed by atoms with van der Waals surface area (Å²) in [7, 11) is 0. The third-order valence-corrected chi connectivity index (χ3v) is 7.34. The van der Waals surface area contributed by atoms with E-state index in [4.69, 9.17) is 14.2 Å². The topological polar surface area (TPSA) is 141 Å². The van der Waals surface area contributed by atoms with Crippen molar-refractivity contribution in [3.8, 4) is 22.2 Å². The lowest BCUT2D eigenvalue weighted by Gasteiger charge is -2.22. The Morgan fingerprint density at radius 2 is 1.79 bits per heavy atom. The van der Waals surface area contributed by atoms with Crippen molar-refractivity contribution in [2.24, 2.45) is 0 Å². The van der Waals surface area contributed by atoms with Crippen molar-refractivity contribution < 1.29 is 28.5 Å². The third kappa shape index (κ3) is 6.37. The molecule has 0 unspecified atom stereocenters. The van der Waals surface area contributed by atoms with Crippen LogP contribution in [0.3, 0.4) is 0 Å². The first kappa shape index (κ1) is 29.0. The molecule has 0 radical (unpaired) electrons. The Bertz CT molecular complexity index is 1750. The van der Waals surface area contributed by atoms with Gasteiger partial charge in [-0.05, 0) is 52.3 Å². The number of carbonyl (C=O) groups is 1. The summed E-state index contributed by atoms with van der Waals surface area (Å²) in [6, 6.07) is 6.82. The molecule has 3 heterocycles. The Hall–Kier alpha value is -4.49. The van der Waals surface area contributed by atoms with Gasteiger partial charge in [0.15, 0.2) is 17.4 Å². The molecule has 0 saturated carbocycles. The zero-order chi connectivity index (χ0) is 30.0. The quantitative estimate of drug-likeness (QED) is 0.209. The highest BCUT2D eigenvalue weighted by Gasteiger charge is 2.22. The fourth-order valence-electron chi connectivity index (χ4n) is 4.09. The molecule has 0 aliphatic heterocycles. The Balaban J connectivity index is 1.31. The number of halogens is 1. The molecule has 1 amide bonds. The summed E-state index contributed by atoms with van der Waals surface area (Å²) in [4.78, 5) is 34.1. The van der Waals surface area contributed by atoms with E-state index in [1.54, 1.807) is 26.1 Å². The molecule has 2 N–H and O–H groups in total. The third-order valence-electron chi connectivity index (χ3n) is 6.29. The number of aryl methyl sites for hydroxylation is 1. The van der Waals surface area contributed by atoms with E-state index >= 15 is 4.39 Å². The van der Waals surface area contributed by atoms with Crippen LogP contribution in [0.15, 0.2) is 42.9 Å². The number of rotatable bonds is 9. The second-order valence-corrected chi connectivity index (χ2v) is 10.7. The van der Waals surface area contributed by atoms with Gasteiger partial charge in [-0.1, -0.05) is 0 Å². The number of benzene rings is 2. The summed E-state index contributed by atoms with van der Waals surface area (Å²) in [6.45, 7) is 9.18. The molecule has 13 heteroatoms. The summed E-state index contributed by atoms with van der Waals surface area (Å²) in [5.74, 6) is 0.0974. The van der Waals surface area contributed by atoms with Crippen LogP contribution in [-0.4, -0.2) is 54.9 Å². The first-order valence-corrected chi connectivity index (χ1v) is 14.1. The molecule has 0 fully saturated rings. The van der Waals surface area contributed by atoms with Gasteiger partial charge in [-0.3, -0.25) is 5.32 Å². The van der Waals surface area contributed by atoms with Gasteiger partial charge in [-0.25, -0.2) is 34.1 Å². The van der Waals surface area contributed by atoms with Crippen LogP contribution >= 0.6 is 11.3 Å². The van der Waals surface area contributed by atoms with Crippen molar-refractivity contribution in [1.29, 1.82) is 0 Å². The van der Waals surface area contributed by atoms with Crippen LogP contribution in [0.25, 0.3) is 31.8 Å². The summed E-state index contributed by atoms with van der Waals surface area (Å²) in [6.07, 6.45) is 1.31. The second-order valence-electron chi connectivity index (χ2n) is 9.66. The molecule has 5 aromatic rings. The number of fused-ring (bicyclic) bond motifs is 2. The SMILES string of the molecule is CCOc1cnc2c(-c3nc4cc(F)c(O[C@@H](C)[C@@H](C)OC(=O)Nc5cnc([C@@H](C)O)nc5)cc4s3)cc(C)cc2n1. The van der Waals surface area contributed by atoms with Crippen molar-refractivity contribution in [1.82, 2.24) is 24.9 Å². The van der Waals surface area contributed by atoms with Crippen LogP contribution in [0, 0.1) is 12.7 Å². The monoisotopic (exact) mass is 592 g/mol. The smallest absolute Gasteiger partial charge is 0.412 e. The molecule has 218 valence electrons. The molecule has 42 heavy (non-hydrogen) atoms. The second kappa shape index (κ2) is 12.2. The van der Waals surface area contributed by atoms with E-state index in [2.05, 4.69) is 30.2 Å². The van der Waals surface area contributed by atoms with Crippen LogP contribution in [-0.2, 0) is 4.74 Å². The number of aliphatic hydroxyl groups is 1. The zero-order valence-electron chi connectivity index (χ0n) is 23.6. The number of aromatic nitrogens is 5. The maximum Gasteiger partial charge on any atom is 0.412 e. The molecule has 0 spiro atoms. The number of thiazole rings is 1. The number of nitrogens with zero attached hydrogens (tertiary/aromatic N) is 5. The van der Waals surface area contributed by atoms with Crippen molar-refractivity contribution in [3.05, 3.63) is 60.1 Å². The molecule has 3 aromatic heterocycles. The summed E-state index contributed by atoms with van der Waals surface area (Å²) in [5, 5.41) is 12.7. The highest BCUT2D eigenvalue weighted by atomic mass is 32.1. The number of aliphatic hydroxyl groups excluding tert-OH is 1. The zero-order valence-corrected chi connectivity index (χ0v) is 24.4. The average Bonchev–Trinajstić information content (AvgIpc) is 3.35. The van der Waals surface area contributed by atoms with E-state index in [0.717, 1.165) is 11.1 Å². The molecular formula is C29H29FN6O5S. The average molecular weight is 593 g/mol. The van der Waals surface area contributed by atoms with E-state index < -0.39 is 30.2 Å². The largest absolute Gasteiger partial charge is 0.484 e. The number of anilines is 1. The van der Waals surface area contributed by atoms with Gasteiger partial charge in [0, 0.05) is 17.7 Å². The fraction of sp³-hybridized carbons (Fsp3) is 0.310. The van der Waals surface area contributed by atoms with E-state index in [1.165, 1.54) is 36.7 Å². The Morgan fingerprint density at radius 3 is 2.50 bits per heavy atom. The van der Waals surface area contributed by atoms with Crippen LogP contribution in [0.4, 0.5) is 14.9 Å². The highest BCUT2D eigenvalue weighted by molar-refractivity contribution is 7.21. The van der Waals surface area contributed by atoms with Gasteiger partial charge in [0.1, 0.15) is 23.3 Å². The summed E-state index contributed by atoms with van der Waals surface area (Å²) >= 11 is 1.38. The standard InChI is InChI=1S/C29H29FN6O5S/c1-6-39-25-13-31-26-19(7-14(2)8-22(26)35-25)28-36-21-9-20(30)23(10-24(21)42-28)40-16(4)17(5)41-29(38)34-18-11-32-27(15(3)37)33-12-18/h7-13,15-17,37H,6H2,1-5H3,(H,34,38)/t15-,16+,17-/m1/s1. The molecule has 0 aliphatic carbocycles. The van der Waals surface area contributed by atoms with Crippen molar-refractivity contribution in [2.45, 2.75) is 52.9 Å². The van der Waals surface area contributed by atoms with Crippen molar-refractivity contribution >= 4 is 44.4 Å². The van der Waals surface area contributed by atoms with Gasteiger partial charge < -0.3 is 19.3 Å². The minimum Gasteiger partial charge on any atom is -0.484 e. The Kier molecular flexibility index (Phi) is 8.41. The van der Waals surface area contributed by atoms with E-state index in [9.17, 15) is 9.90 Å². The highest BCUT2D eigenvalue weighted by Crippen LogP contribution is 2.37. The molecule has 2 aromatic carbocycles. The Labute approximate surface area is 244 Å². The fourth-order valence-corrected chi connectivity index (χ4v) is 5.08. The normalized spacial score (nSPS) is 13.5. The molecule has 0 saturated heterocycles. The van der Waals surface area contributed by atoms with Gasteiger partial charge in [-0.15, -0.1) is 11.3 Å². The molecular weight excluding hydrogens is 563 g/mol. The lowest BCUT2D eigenvalue weighted by atomic mass is 10.1. The number of hydrogen-bond donors (Lipinski definition) is 2. The number of carbonyl (C=O) groups excluding carboxylic acids is 1. The van der Waals surface area contributed by atoms with Crippen LogP contribution < -0.4 is 14.8 Å².